The minimum atomic E-state index is 0.463. The molecule has 2 heterocycles. The zero-order chi connectivity index (χ0) is 12.8. The summed E-state index contributed by atoms with van der Waals surface area (Å²) < 4.78 is 5.39. The number of hydrogen-bond acceptors (Lipinski definition) is 5. The molecule has 0 bridgehead atoms. The lowest BCUT2D eigenvalue weighted by Crippen LogP contribution is -2.30. The molecule has 1 aromatic rings. The summed E-state index contributed by atoms with van der Waals surface area (Å²) in [6, 6.07) is 0.463. The van der Waals surface area contributed by atoms with Gasteiger partial charge in [0.25, 0.3) is 0 Å². The van der Waals surface area contributed by atoms with Crippen LogP contribution in [0.15, 0.2) is 4.52 Å². The first-order valence-electron chi connectivity index (χ1n) is 7.01. The minimum Gasteiger partial charge on any atom is -0.339 e. The van der Waals surface area contributed by atoms with Crippen molar-refractivity contribution in [2.45, 2.75) is 57.2 Å². The fourth-order valence-corrected chi connectivity index (χ4v) is 3.58. The number of likely N-dealkylation sites (N-methyl/N-ethyl adjacent to an activating group) is 1. The van der Waals surface area contributed by atoms with Crippen LogP contribution in [0.2, 0.25) is 0 Å². The molecule has 1 aliphatic rings. The zero-order valence-electron chi connectivity index (χ0n) is 11.3. The molecule has 0 saturated carbocycles. The first-order chi connectivity index (χ1) is 8.83. The second kappa shape index (κ2) is 7.14. The van der Waals surface area contributed by atoms with Crippen LogP contribution in [0.3, 0.4) is 0 Å². The third-order valence-electron chi connectivity index (χ3n) is 3.25. The monoisotopic (exact) mass is 269 g/mol. The Labute approximate surface area is 113 Å². The highest BCUT2D eigenvalue weighted by molar-refractivity contribution is 7.99. The number of nitrogens with one attached hydrogen (secondary N) is 1. The van der Waals surface area contributed by atoms with E-state index in [4.69, 9.17) is 4.52 Å². The average Bonchev–Trinajstić information content (AvgIpc) is 2.98. The van der Waals surface area contributed by atoms with Crippen molar-refractivity contribution in [1.29, 1.82) is 0 Å². The van der Waals surface area contributed by atoms with E-state index in [2.05, 4.69) is 29.3 Å². The van der Waals surface area contributed by atoms with Gasteiger partial charge in [-0.2, -0.15) is 16.7 Å². The Morgan fingerprint density at radius 2 is 2.39 bits per heavy atom. The standard InChI is InChI=1S/C13H23N3OS/c1-3-6-10(14-4-2)9-12-15-13(16-17-12)11-7-5-8-18-11/h10-11,14H,3-9H2,1-2H3. The topological polar surface area (TPSA) is 51.0 Å². The van der Waals surface area contributed by atoms with E-state index in [-0.39, 0.29) is 0 Å². The largest absolute Gasteiger partial charge is 0.339 e. The van der Waals surface area contributed by atoms with Gasteiger partial charge in [-0.1, -0.05) is 25.4 Å². The number of nitrogens with zero attached hydrogens (tertiary/aromatic N) is 2. The molecular weight excluding hydrogens is 246 g/mol. The molecule has 1 aliphatic heterocycles. The maximum absolute atomic E-state index is 5.39. The smallest absolute Gasteiger partial charge is 0.228 e. The highest BCUT2D eigenvalue weighted by Crippen LogP contribution is 2.38. The number of aromatic nitrogens is 2. The molecule has 4 nitrogen and oxygen atoms in total. The van der Waals surface area contributed by atoms with E-state index in [0.29, 0.717) is 11.3 Å². The Balaban J connectivity index is 1.91. The fraction of sp³-hybridized carbons (Fsp3) is 0.846. The lowest BCUT2D eigenvalue weighted by Gasteiger charge is -2.14. The average molecular weight is 269 g/mol. The quantitative estimate of drug-likeness (QED) is 0.824. The van der Waals surface area contributed by atoms with E-state index in [1.807, 2.05) is 11.8 Å². The van der Waals surface area contributed by atoms with Gasteiger partial charge in [-0.15, -0.1) is 0 Å². The van der Waals surface area contributed by atoms with Crippen molar-refractivity contribution in [2.75, 3.05) is 12.3 Å². The molecule has 2 atom stereocenters. The van der Waals surface area contributed by atoms with Gasteiger partial charge in [0.05, 0.1) is 5.25 Å². The van der Waals surface area contributed by atoms with Gasteiger partial charge in [-0.3, -0.25) is 0 Å². The summed E-state index contributed by atoms with van der Waals surface area (Å²) in [7, 11) is 0. The Bertz CT molecular complexity index is 344. The second-order valence-corrected chi connectivity index (χ2v) is 6.11. The molecule has 5 heteroatoms. The fourth-order valence-electron chi connectivity index (χ4n) is 2.39. The van der Waals surface area contributed by atoms with Crippen LogP contribution in [0.25, 0.3) is 0 Å². The van der Waals surface area contributed by atoms with Crippen molar-refractivity contribution < 1.29 is 4.52 Å². The van der Waals surface area contributed by atoms with Crippen molar-refractivity contribution in [3.8, 4) is 0 Å². The summed E-state index contributed by atoms with van der Waals surface area (Å²) in [5.41, 5.74) is 0. The van der Waals surface area contributed by atoms with E-state index >= 15 is 0 Å². The van der Waals surface area contributed by atoms with E-state index in [9.17, 15) is 0 Å². The van der Waals surface area contributed by atoms with Crippen molar-refractivity contribution in [3.63, 3.8) is 0 Å². The van der Waals surface area contributed by atoms with Gasteiger partial charge in [0.2, 0.25) is 5.89 Å². The Morgan fingerprint density at radius 3 is 3.06 bits per heavy atom. The summed E-state index contributed by atoms with van der Waals surface area (Å²) in [4.78, 5) is 4.56. The maximum atomic E-state index is 5.39. The molecule has 2 unspecified atom stereocenters. The van der Waals surface area contributed by atoms with Crippen LogP contribution < -0.4 is 5.32 Å². The van der Waals surface area contributed by atoms with Gasteiger partial charge >= 0.3 is 0 Å². The van der Waals surface area contributed by atoms with Gasteiger partial charge in [0.15, 0.2) is 5.82 Å². The van der Waals surface area contributed by atoms with Gasteiger partial charge in [-0.25, -0.2) is 0 Å². The number of hydrogen-bond donors (Lipinski definition) is 1. The molecule has 2 rings (SSSR count). The van der Waals surface area contributed by atoms with Crippen molar-refractivity contribution in [3.05, 3.63) is 11.7 Å². The number of thioether (sulfide) groups is 1. The van der Waals surface area contributed by atoms with Gasteiger partial charge in [0.1, 0.15) is 0 Å². The van der Waals surface area contributed by atoms with Crippen LogP contribution in [0.1, 0.15) is 56.5 Å². The van der Waals surface area contributed by atoms with E-state index < -0.39 is 0 Å². The molecule has 0 aliphatic carbocycles. The molecule has 102 valence electrons. The molecule has 0 amide bonds. The highest BCUT2D eigenvalue weighted by Gasteiger charge is 2.23. The van der Waals surface area contributed by atoms with E-state index in [1.165, 1.54) is 25.0 Å². The minimum absolute atomic E-state index is 0.463. The lowest BCUT2D eigenvalue weighted by atomic mass is 10.1. The summed E-state index contributed by atoms with van der Waals surface area (Å²) in [6.45, 7) is 5.33. The SMILES string of the molecule is CCCC(Cc1nc(C2CCCS2)no1)NCC. The normalized spacial score (nSPS) is 21.3. The molecule has 1 fully saturated rings. The third-order valence-corrected chi connectivity index (χ3v) is 4.63. The van der Waals surface area contributed by atoms with E-state index in [1.54, 1.807) is 0 Å². The van der Waals surface area contributed by atoms with E-state index in [0.717, 1.165) is 31.1 Å². The van der Waals surface area contributed by atoms with Crippen LogP contribution in [0, 0.1) is 0 Å². The van der Waals surface area contributed by atoms with Crippen molar-refractivity contribution >= 4 is 11.8 Å². The predicted molar refractivity (Wildman–Crippen MR) is 74.8 cm³/mol. The molecule has 18 heavy (non-hydrogen) atoms. The third kappa shape index (κ3) is 3.72. The number of rotatable bonds is 7. The van der Waals surface area contributed by atoms with Crippen molar-refractivity contribution in [2.24, 2.45) is 0 Å². The van der Waals surface area contributed by atoms with Crippen LogP contribution in [-0.2, 0) is 6.42 Å². The van der Waals surface area contributed by atoms with Gasteiger partial charge in [0, 0.05) is 12.5 Å². The second-order valence-electron chi connectivity index (χ2n) is 4.80. The summed E-state index contributed by atoms with van der Waals surface area (Å²) in [5, 5.41) is 8.08. The van der Waals surface area contributed by atoms with Gasteiger partial charge in [-0.05, 0) is 31.6 Å². The molecule has 0 aromatic carbocycles. The maximum Gasteiger partial charge on any atom is 0.228 e. The highest BCUT2D eigenvalue weighted by atomic mass is 32.2. The van der Waals surface area contributed by atoms with Crippen LogP contribution in [0.5, 0.6) is 0 Å². The van der Waals surface area contributed by atoms with Crippen LogP contribution in [-0.4, -0.2) is 28.5 Å². The first-order valence-corrected chi connectivity index (χ1v) is 8.05. The van der Waals surface area contributed by atoms with Crippen LogP contribution in [0.4, 0.5) is 0 Å². The summed E-state index contributed by atoms with van der Waals surface area (Å²) in [6.07, 6.45) is 5.65. The van der Waals surface area contributed by atoms with Crippen LogP contribution >= 0.6 is 11.8 Å². The molecule has 0 radical (unpaired) electrons. The summed E-state index contributed by atoms with van der Waals surface area (Å²) in [5.74, 6) is 2.92. The molecule has 1 aromatic heterocycles. The van der Waals surface area contributed by atoms with Gasteiger partial charge < -0.3 is 9.84 Å². The Morgan fingerprint density at radius 1 is 1.50 bits per heavy atom. The Hall–Kier alpha value is -0.550. The zero-order valence-corrected chi connectivity index (χ0v) is 12.1. The van der Waals surface area contributed by atoms with Crippen molar-refractivity contribution in [1.82, 2.24) is 15.5 Å². The lowest BCUT2D eigenvalue weighted by molar-refractivity contribution is 0.348. The molecule has 1 N–H and O–H groups in total. The molecule has 0 spiro atoms. The predicted octanol–water partition coefficient (Wildman–Crippen LogP) is 2.96. The first kappa shape index (κ1) is 13.9. The Kier molecular flexibility index (Phi) is 5.50. The molecule has 1 saturated heterocycles. The summed E-state index contributed by atoms with van der Waals surface area (Å²) >= 11 is 1.95. The molecular formula is C13H23N3OS.